The predicted octanol–water partition coefficient (Wildman–Crippen LogP) is 15.4. The van der Waals surface area contributed by atoms with Gasteiger partial charge < -0.3 is 4.90 Å². The lowest BCUT2D eigenvalue weighted by Gasteiger charge is -2.32. The van der Waals surface area contributed by atoms with E-state index in [1.807, 2.05) is 0 Å². The highest BCUT2D eigenvalue weighted by molar-refractivity contribution is 6.09. The molecule has 0 spiro atoms. The highest BCUT2D eigenvalue weighted by Crippen LogP contribution is 2.55. The largest absolute Gasteiger partial charge is 0.309 e. The molecule has 0 aromatic heterocycles. The second kappa shape index (κ2) is 12.4. The second-order valence-corrected chi connectivity index (χ2v) is 16.9. The van der Waals surface area contributed by atoms with Crippen LogP contribution in [0.3, 0.4) is 0 Å². The van der Waals surface area contributed by atoms with Crippen LogP contribution in [0.25, 0.3) is 66.1 Å². The molecule has 9 aromatic carbocycles. The number of nitrogens with zero attached hydrogens (tertiary/aromatic N) is 1. The van der Waals surface area contributed by atoms with E-state index in [-0.39, 0.29) is 10.8 Å². The summed E-state index contributed by atoms with van der Waals surface area (Å²) in [6, 6.07) is 70.2. The van der Waals surface area contributed by atoms with Crippen LogP contribution >= 0.6 is 0 Å². The Balaban J connectivity index is 1.16. The molecule has 0 saturated carbocycles. The minimum absolute atomic E-state index is 0.0949. The van der Waals surface area contributed by atoms with Crippen molar-refractivity contribution in [3.63, 3.8) is 0 Å². The number of anilines is 3. The Bertz CT molecular complexity index is 3090. The van der Waals surface area contributed by atoms with Gasteiger partial charge in [0.05, 0.1) is 11.4 Å². The van der Waals surface area contributed by atoms with Gasteiger partial charge in [0.1, 0.15) is 0 Å². The molecule has 0 atom stereocenters. The third kappa shape index (κ3) is 4.95. The van der Waals surface area contributed by atoms with Crippen LogP contribution in [0, 0.1) is 0 Å². The molecule has 0 radical (unpaired) electrons. The monoisotopic (exact) mass is 729 g/mol. The van der Waals surface area contributed by atoms with E-state index in [4.69, 9.17) is 0 Å². The van der Waals surface area contributed by atoms with Gasteiger partial charge >= 0.3 is 0 Å². The first-order chi connectivity index (χ1) is 27.8. The fourth-order valence-electron chi connectivity index (χ4n) is 10.3. The van der Waals surface area contributed by atoms with Gasteiger partial charge in [-0.2, -0.15) is 0 Å². The van der Waals surface area contributed by atoms with Crippen LogP contribution < -0.4 is 4.90 Å². The van der Waals surface area contributed by atoms with Crippen LogP contribution in [0.4, 0.5) is 17.1 Å². The molecule has 0 amide bonds. The van der Waals surface area contributed by atoms with Crippen LogP contribution in [-0.2, 0) is 10.8 Å². The van der Waals surface area contributed by atoms with E-state index in [1.54, 1.807) is 0 Å². The molecule has 272 valence electrons. The highest BCUT2D eigenvalue weighted by Gasteiger charge is 2.38. The fraction of sp³-hybridized carbons (Fsp3) is 0.107. The zero-order valence-corrected chi connectivity index (χ0v) is 32.8. The smallest absolute Gasteiger partial charge is 0.0540 e. The summed E-state index contributed by atoms with van der Waals surface area (Å²) in [5.74, 6) is 0. The number of rotatable bonds is 5. The quantitative estimate of drug-likeness (QED) is 0.159. The van der Waals surface area contributed by atoms with Crippen molar-refractivity contribution >= 4 is 38.6 Å². The summed E-state index contributed by atoms with van der Waals surface area (Å²) in [4.78, 5) is 2.51. The molecule has 2 aliphatic carbocycles. The molecule has 57 heavy (non-hydrogen) atoms. The molecule has 2 aliphatic rings. The predicted molar refractivity (Wildman–Crippen MR) is 242 cm³/mol. The molecule has 0 bridgehead atoms. The van der Waals surface area contributed by atoms with Gasteiger partial charge in [-0.05, 0) is 108 Å². The molecule has 9 aromatic rings. The van der Waals surface area contributed by atoms with Crippen LogP contribution in [0.2, 0.25) is 0 Å². The van der Waals surface area contributed by atoms with Gasteiger partial charge in [-0.25, -0.2) is 0 Å². The molecule has 0 heterocycles. The van der Waals surface area contributed by atoms with Crippen molar-refractivity contribution in [1.82, 2.24) is 0 Å². The van der Waals surface area contributed by atoms with E-state index in [0.29, 0.717) is 0 Å². The van der Waals surface area contributed by atoms with Crippen LogP contribution in [0.5, 0.6) is 0 Å². The van der Waals surface area contributed by atoms with Crippen LogP contribution in [-0.4, -0.2) is 0 Å². The molecule has 0 saturated heterocycles. The summed E-state index contributed by atoms with van der Waals surface area (Å²) in [6.07, 6.45) is 0. The van der Waals surface area contributed by atoms with Gasteiger partial charge in [0.25, 0.3) is 0 Å². The maximum Gasteiger partial charge on any atom is 0.0540 e. The van der Waals surface area contributed by atoms with Gasteiger partial charge in [0.15, 0.2) is 0 Å². The Morgan fingerprint density at radius 2 is 0.860 bits per heavy atom. The third-order valence-electron chi connectivity index (χ3n) is 13.0. The molecule has 0 fully saturated rings. The Hall–Kier alpha value is -6.70. The Kier molecular flexibility index (Phi) is 7.32. The maximum absolute atomic E-state index is 2.51. The highest BCUT2D eigenvalue weighted by atomic mass is 15.1. The fourth-order valence-corrected chi connectivity index (χ4v) is 10.3. The van der Waals surface area contributed by atoms with Gasteiger partial charge in [0.2, 0.25) is 0 Å². The number of hydrogen-bond acceptors (Lipinski definition) is 1. The lowest BCUT2D eigenvalue weighted by Crippen LogP contribution is -2.17. The lowest BCUT2D eigenvalue weighted by atomic mass is 9.78. The first-order valence-corrected chi connectivity index (χ1v) is 20.2. The van der Waals surface area contributed by atoms with Crippen molar-refractivity contribution in [2.24, 2.45) is 0 Å². The number of fused-ring (bicyclic) bond motifs is 9. The van der Waals surface area contributed by atoms with E-state index in [0.717, 1.165) is 17.1 Å². The van der Waals surface area contributed by atoms with E-state index in [2.05, 4.69) is 221 Å². The van der Waals surface area contributed by atoms with Crippen molar-refractivity contribution in [3.05, 3.63) is 210 Å². The van der Waals surface area contributed by atoms with Crippen LogP contribution in [0.15, 0.2) is 188 Å². The zero-order chi connectivity index (χ0) is 38.5. The first-order valence-electron chi connectivity index (χ1n) is 20.2. The van der Waals surface area contributed by atoms with Crippen molar-refractivity contribution in [2.45, 2.75) is 38.5 Å². The number of para-hydroxylation sites is 2. The van der Waals surface area contributed by atoms with Crippen molar-refractivity contribution in [2.75, 3.05) is 4.90 Å². The van der Waals surface area contributed by atoms with Gasteiger partial charge in [-0.15, -0.1) is 0 Å². The lowest BCUT2D eigenvalue weighted by molar-refractivity contribution is 0.660. The van der Waals surface area contributed by atoms with E-state index in [1.165, 1.54) is 88.3 Å². The average molecular weight is 730 g/mol. The van der Waals surface area contributed by atoms with Crippen LogP contribution in [0.1, 0.15) is 49.9 Å². The topological polar surface area (TPSA) is 3.24 Å². The summed E-state index contributed by atoms with van der Waals surface area (Å²) in [5, 5.41) is 5.02. The Morgan fingerprint density at radius 3 is 1.63 bits per heavy atom. The van der Waals surface area contributed by atoms with Gasteiger partial charge in [-0.3, -0.25) is 0 Å². The Labute approximate surface area is 335 Å². The molecular weight excluding hydrogens is 687 g/mol. The summed E-state index contributed by atoms with van der Waals surface area (Å²) in [6.45, 7) is 9.51. The van der Waals surface area contributed by atoms with E-state index >= 15 is 0 Å². The third-order valence-corrected chi connectivity index (χ3v) is 13.0. The Morgan fingerprint density at radius 1 is 0.333 bits per heavy atom. The normalized spacial score (nSPS) is 14.2. The maximum atomic E-state index is 2.51. The molecule has 0 aliphatic heterocycles. The minimum Gasteiger partial charge on any atom is -0.309 e. The molecular formula is C56H43N. The average Bonchev–Trinajstić information content (AvgIpc) is 3.63. The SMILES string of the molecule is CC1(C)c2ccccc2-c2ccc(-c3ccccc3N(c3ccc4c(ccc5ccccc54)c3)c3ccccc3-c3cccc4c3C(C)(C)c3ccccc3-4)cc21. The first kappa shape index (κ1) is 33.6. The summed E-state index contributed by atoms with van der Waals surface area (Å²) in [7, 11) is 0. The van der Waals surface area contributed by atoms with E-state index in [9.17, 15) is 0 Å². The minimum atomic E-state index is -0.156. The molecule has 1 heteroatoms. The van der Waals surface area contributed by atoms with Crippen molar-refractivity contribution in [3.8, 4) is 44.5 Å². The molecule has 11 rings (SSSR count). The zero-order valence-electron chi connectivity index (χ0n) is 32.8. The number of benzene rings is 9. The van der Waals surface area contributed by atoms with Gasteiger partial charge in [0, 0.05) is 27.6 Å². The summed E-state index contributed by atoms with van der Waals surface area (Å²) >= 11 is 0. The molecule has 0 unspecified atom stereocenters. The molecule has 0 N–H and O–H groups in total. The number of hydrogen-bond donors (Lipinski definition) is 0. The van der Waals surface area contributed by atoms with E-state index < -0.39 is 0 Å². The van der Waals surface area contributed by atoms with Crippen molar-refractivity contribution in [1.29, 1.82) is 0 Å². The molecule has 1 nitrogen and oxygen atoms in total. The van der Waals surface area contributed by atoms with Crippen molar-refractivity contribution < 1.29 is 0 Å². The second-order valence-electron chi connectivity index (χ2n) is 16.9. The standard InChI is InChI=1S/C56H43N/c1-55(2)49-24-11-7-19-43(49)45-32-30-38(35-51(45)55)42-18-9-13-26-52(42)57(39-31-33-41-37(34-39)29-28-36-16-5-6-17-40(36)41)53-27-14-10-21-46(53)48-23-15-22-47-44-20-8-12-25-50(44)56(3,4)54(47)48/h5-35H,1-4H3. The summed E-state index contributed by atoms with van der Waals surface area (Å²) in [5.41, 5.74) is 19.0. The van der Waals surface area contributed by atoms with Gasteiger partial charge in [-0.1, -0.05) is 185 Å². The summed E-state index contributed by atoms with van der Waals surface area (Å²) < 4.78 is 0.